The molecule has 0 aliphatic carbocycles. The molecule has 1 N–H and O–H groups in total. The van der Waals surface area contributed by atoms with Crippen LogP contribution in [0.15, 0.2) is 48.5 Å². The molecule has 20 heavy (non-hydrogen) atoms. The van der Waals surface area contributed by atoms with E-state index in [2.05, 4.69) is 5.32 Å². The third-order valence-corrected chi connectivity index (χ3v) is 3.15. The van der Waals surface area contributed by atoms with Gasteiger partial charge in [-0.25, -0.2) is 0 Å². The fourth-order valence-corrected chi connectivity index (χ4v) is 1.99. The lowest BCUT2D eigenvalue weighted by atomic mass is 10.1. The molecule has 1 atom stereocenters. The summed E-state index contributed by atoms with van der Waals surface area (Å²) < 4.78 is 5.62. The maximum atomic E-state index is 12.2. The average molecular weight is 269 g/mol. The fourth-order valence-electron chi connectivity index (χ4n) is 1.99. The number of hydrogen-bond donors (Lipinski definition) is 1. The highest BCUT2D eigenvalue weighted by atomic mass is 16.5. The minimum absolute atomic E-state index is 0.147. The zero-order valence-corrected chi connectivity index (χ0v) is 12.0. The van der Waals surface area contributed by atoms with E-state index in [1.54, 1.807) is 6.92 Å². The normalized spacial score (nSPS) is 11.8. The van der Waals surface area contributed by atoms with Crippen LogP contribution in [-0.2, 0) is 4.79 Å². The number of amides is 1. The highest BCUT2D eigenvalue weighted by molar-refractivity contribution is 5.95. The molecule has 0 bridgehead atoms. The van der Waals surface area contributed by atoms with Gasteiger partial charge in [-0.15, -0.1) is 0 Å². The Bertz CT molecular complexity index is 573. The van der Waals surface area contributed by atoms with Gasteiger partial charge in [-0.05, 0) is 44.0 Å². The summed E-state index contributed by atoms with van der Waals surface area (Å²) in [5.41, 5.74) is 2.96. The molecular weight excluding hydrogens is 250 g/mol. The molecular formula is C17H19NO2. The van der Waals surface area contributed by atoms with Crippen molar-refractivity contribution in [1.82, 2.24) is 0 Å². The van der Waals surface area contributed by atoms with Gasteiger partial charge in [-0.2, -0.15) is 0 Å². The Morgan fingerprint density at radius 3 is 2.20 bits per heavy atom. The number of carbonyl (C=O) groups is 1. The van der Waals surface area contributed by atoms with Crippen LogP contribution >= 0.6 is 0 Å². The highest BCUT2D eigenvalue weighted by Gasteiger charge is 2.16. The van der Waals surface area contributed by atoms with Crippen LogP contribution in [0.1, 0.15) is 18.1 Å². The van der Waals surface area contributed by atoms with Crippen LogP contribution in [0, 0.1) is 13.8 Å². The third-order valence-electron chi connectivity index (χ3n) is 3.15. The summed E-state index contributed by atoms with van der Waals surface area (Å²) >= 11 is 0. The smallest absolute Gasteiger partial charge is 0.265 e. The number of nitrogens with one attached hydrogen (secondary N) is 1. The number of para-hydroxylation sites is 2. The molecule has 0 unspecified atom stereocenters. The monoisotopic (exact) mass is 269 g/mol. The summed E-state index contributed by atoms with van der Waals surface area (Å²) in [7, 11) is 0. The lowest BCUT2D eigenvalue weighted by molar-refractivity contribution is -0.122. The first-order valence-electron chi connectivity index (χ1n) is 6.66. The molecule has 104 valence electrons. The topological polar surface area (TPSA) is 38.3 Å². The van der Waals surface area contributed by atoms with Crippen LogP contribution in [0.5, 0.6) is 5.75 Å². The van der Waals surface area contributed by atoms with Gasteiger partial charge in [0.2, 0.25) is 0 Å². The largest absolute Gasteiger partial charge is 0.481 e. The van der Waals surface area contributed by atoms with Crippen molar-refractivity contribution in [3.63, 3.8) is 0 Å². The highest BCUT2D eigenvalue weighted by Crippen LogP contribution is 2.20. The van der Waals surface area contributed by atoms with Crippen molar-refractivity contribution >= 4 is 11.6 Å². The zero-order chi connectivity index (χ0) is 14.5. The van der Waals surface area contributed by atoms with Gasteiger partial charge in [0.25, 0.3) is 5.91 Å². The second kappa shape index (κ2) is 6.24. The van der Waals surface area contributed by atoms with Crippen molar-refractivity contribution in [1.29, 1.82) is 0 Å². The molecule has 0 heterocycles. The summed E-state index contributed by atoms with van der Waals surface area (Å²) in [4.78, 5) is 12.2. The third kappa shape index (κ3) is 3.38. The van der Waals surface area contributed by atoms with Crippen LogP contribution in [-0.4, -0.2) is 12.0 Å². The molecule has 2 aromatic rings. The van der Waals surface area contributed by atoms with Crippen molar-refractivity contribution in [2.75, 3.05) is 5.32 Å². The van der Waals surface area contributed by atoms with Crippen LogP contribution in [0.25, 0.3) is 0 Å². The van der Waals surface area contributed by atoms with Gasteiger partial charge in [0.05, 0.1) is 0 Å². The van der Waals surface area contributed by atoms with Gasteiger partial charge in [0, 0.05) is 5.69 Å². The minimum atomic E-state index is -0.545. The maximum absolute atomic E-state index is 12.2. The molecule has 0 saturated carbocycles. The number of hydrogen-bond acceptors (Lipinski definition) is 2. The molecule has 0 fully saturated rings. The molecule has 3 nitrogen and oxygen atoms in total. The summed E-state index contributed by atoms with van der Waals surface area (Å²) in [5.74, 6) is 0.544. The van der Waals surface area contributed by atoms with E-state index in [0.717, 1.165) is 16.8 Å². The second-order valence-electron chi connectivity index (χ2n) is 4.83. The Hall–Kier alpha value is -2.29. The summed E-state index contributed by atoms with van der Waals surface area (Å²) in [6.07, 6.45) is -0.545. The number of carbonyl (C=O) groups excluding carboxylic acids is 1. The van der Waals surface area contributed by atoms with Gasteiger partial charge in [0.15, 0.2) is 6.10 Å². The Kier molecular flexibility index (Phi) is 4.41. The molecule has 3 heteroatoms. The number of ether oxygens (including phenoxy) is 1. The van der Waals surface area contributed by atoms with Gasteiger partial charge in [-0.1, -0.05) is 36.4 Å². The maximum Gasteiger partial charge on any atom is 0.265 e. The number of rotatable bonds is 4. The van der Waals surface area contributed by atoms with Crippen molar-refractivity contribution in [2.24, 2.45) is 0 Å². The van der Waals surface area contributed by atoms with Crippen molar-refractivity contribution in [2.45, 2.75) is 26.9 Å². The van der Waals surface area contributed by atoms with E-state index in [4.69, 9.17) is 4.74 Å². The van der Waals surface area contributed by atoms with E-state index < -0.39 is 6.10 Å². The molecule has 0 aliphatic heterocycles. The molecule has 0 radical (unpaired) electrons. The molecule has 2 rings (SSSR count). The van der Waals surface area contributed by atoms with Gasteiger partial charge in [-0.3, -0.25) is 4.79 Å². The van der Waals surface area contributed by atoms with E-state index in [-0.39, 0.29) is 5.91 Å². The SMILES string of the molecule is Cc1cccc(C)c1NC(=O)[C@H](C)Oc1ccccc1. The predicted molar refractivity (Wildman–Crippen MR) is 81.1 cm³/mol. The van der Waals surface area contributed by atoms with Gasteiger partial charge in [0.1, 0.15) is 5.75 Å². The van der Waals surface area contributed by atoms with Crippen molar-refractivity contribution in [3.05, 3.63) is 59.7 Å². The van der Waals surface area contributed by atoms with Crippen molar-refractivity contribution < 1.29 is 9.53 Å². The summed E-state index contributed by atoms with van der Waals surface area (Å²) in [5, 5.41) is 2.93. The van der Waals surface area contributed by atoms with Crippen LogP contribution < -0.4 is 10.1 Å². The van der Waals surface area contributed by atoms with E-state index in [1.807, 2.05) is 62.4 Å². The van der Waals surface area contributed by atoms with Gasteiger partial charge >= 0.3 is 0 Å². The van der Waals surface area contributed by atoms with E-state index >= 15 is 0 Å². The lowest BCUT2D eigenvalue weighted by Gasteiger charge is -2.17. The average Bonchev–Trinajstić information content (AvgIpc) is 2.44. The predicted octanol–water partition coefficient (Wildman–Crippen LogP) is 3.71. The summed E-state index contributed by atoms with van der Waals surface area (Å²) in [6, 6.07) is 15.3. The van der Waals surface area contributed by atoms with E-state index in [1.165, 1.54) is 0 Å². The second-order valence-corrected chi connectivity index (χ2v) is 4.83. The molecule has 2 aromatic carbocycles. The number of benzene rings is 2. The van der Waals surface area contributed by atoms with Crippen molar-refractivity contribution in [3.8, 4) is 5.75 Å². The first-order valence-corrected chi connectivity index (χ1v) is 6.66. The Morgan fingerprint density at radius 2 is 1.60 bits per heavy atom. The van der Waals surface area contributed by atoms with E-state index in [0.29, 0.717) is 5.75 Å². The Morgan fingerprint density at radius 1 is 1.00 bits per heavy atom. The first-order chi connectivity index (χ1) is 9.58. The van der Waals surface area contributed by atoms with Crippen LogP contribution in [0.2, 0.25) is 0 Å². The van der Waals surface area contributed by atoms with E-state index in [9.17, 15) is 4.79 Å². The van der Waals surface area contributed by atoms with Gasteiger partial charge < -0.3 is 10.1 Å². The molecule has 0 aliphatic rings. The van der Waals surface area contributed by atoms with Crippen LogP contribution in [0.4, 0.5) is 5.69 Å². The zero-order valence-electron chi connectivity index (χ0n) is 12.0. The van der Waals surface area contributed by atoms with Crippen LogP contribution in [0.3, 0.4) is 0 Å². The Labute approximate surface area is 119 Å². The molecule has 0 saturated heterocycles. The first kappa shape index (κ1) is 14.1. The minimum Gasteiger partial charge on any atom is -0.481 e. The standard InChI is InChI=1S/C17H19NO2/c1-12-8-7-9-13(2)16(12)18-17(19)14(3)20-15-10-5-4-6-11-15/h4-11,14H,1-3H3,(H,18,19)/t14-/m0/s1. The fraction of sp³-hybridized carbons (Fsp3) is 0.235. The lowest BCUT2D eigenvalue weighted by Crippen LogP contribution is -2.30. The quantitative estimate of drug-likeness (QED) is 0.919. The molecule has 0 spiro atoms. The number of anilines is 1. The summed E-state index contributed by atoms with van der Waals surface area (Å²) in [6.45, 7) is 5.70. The molecule has 0 aromatic heterocycles. The number of aryl methyl sites for hydroxylation is 2. The Balaban J connectivity index is 2.05. The molecule has 1 amide bonds.